The van der Waals surface area contributed by atoms with Crippen LogP contribution in [-0.2, 0) is 28.5 Å². The minimum absolute atomic E-state index is 0.0419. The van der Waals surface area contributed by atoms with Gasteiger partial charge in [-0.1, -0.05) is 50.3 Å². The van der Waals surface area contributed by atoms with E-state index in [-0.39, 0.29) is 11.5 Å². The summed E-state index contributed by atoms with van der Waals surface area (Å²) in [6, 6.07) is 8.67. The smallest absolute Gasteiger partial charge is 0.108 e. The number of ether oxygens (including phenoxy) is 1. The Kier molecular flexibility index (Phi) is 5.91. The Morgan fingerprint density at radius 1 is 1.07 bits per heavy atom. The summed E-state index contributed by atoms with van der Waals surface area (Å²) in [5, 5.41) is 22.2. The van der Waals surface area contributed by atoms with Crippen LogP contribution in [0.3, 0.4) is 0 Å². The summed E-state index contributed by atoms with van der Waals surface area (Å²) in [5.41, 5.74) is 2.64. The van der Waals surface area contributed by atoms with E-state index in [9.17, 15) is 5.21 Å². The van der Waals surface area contributed by atoms with E-state index < -0.39 is 11.1 Å². The van der Waals surface area contributed by atoms with Crippen LogP contribution in [0.15, 0.2) is 30.5 Å². The molecule has 0 spiro atoms. The van der Waals surface area contributed by atoms with Gasteiger partial charge in [-0.15, -0.1) is 15.4 Å². The SMILES string of the molecule is CC(C)(C)c1ccc(Cn2cc(COC3CC(C)(C)N([O])C(C)(C)C3)nn2)cc1. The van der Waals surface area contributed by atoms with Crippen LogP contribution in [0.25, 0.3) is 0 Å². The van der Waals surface area contributed by atoms with Crippen LogP contribution < -0.4 is 0 Å². The fourth-order valence-corrected chi connectivity index (χ4v) is 4.27. The van der Waals surface area contributed by atoms with Gasteiger partial charge in [-0.25, -0.2) is 4.68 Å². The molecule has 159 valence electrons. The molecule has 1 fully saturated rings. The summed E-state index contributed by atoms with van der Waals surface area (Å²) in [7, 11) is 0. The fraction of sp³-hybridized carbons (Fsp3) is 0.652. The number of rotatable bonds is 5. The van der Waals surface area contributed by atoms with Crippen molar-refractivity contribution < 1.29 is 9.94 Å². The molecule has 1 aromatic carbocycles. The van der Waals surface area contributed by atoms with E-state index in [0.29, 0.717) is 26.0 Å². The molecular formula is C23H35N4O2. The Balaban J connectivity index is 1.57. The Labute approximate surface area is 174 Å². The molecule has 0 N–H and O–H groups in total. The number of hydrogen-bond donors (Lipinski definition) is 0. The van der Waals surface area contributed by atoms with Crippen LogP contribution in [0.1, 0.15) is 78.1 Å². The van der Waals surface area contributed by atoms with Crippen molar-refractivity contribution in [3.8, 4) is 0 Å². The number of hydrogen-bond acceptors (Lipinski definition) is 4. The van der Waals surface area contributed by atoms with Crippen molar-refractivity contribution >= 4 is 0 Å². The van der Waals surface area contributed by atoms with Gasteiger partial charge < -0.3 is 4.74 Å². The molecule has 2 aromatic rings. The molecule has 0 unspecified atom stereocenters. The molecule has 1 aliphatic heterocycles. The molecule has 6 nitrogen and oxygen atoms in total. The number of aromatic nitrogens is 3. The second-order valence-electron chi connectivity index (χ2n) is 10.6. The van der Waals surface area contributed by atoms with E-state index in [4.69, 9.17) is 4.74 Å². The third kappa shape index (κ3) is 5.24. The first-order chi connectivity index (χ1) is 13.4. The summed E-state index contributed by atoms with van der Waals surface area (Å²) >= 11 is 0. The van der Waals surface area contributed by atoms with E-state index in [2.05, 4.69) is 55.3 Å². The maximum Gasteiger partial charge on any atom is 0.108 e. The van der Waals surface area contributed by atoms with Crippen LogP contribution in [0.5, 0.6) is 0 Å². The molecule has 0 atom stereocenters. The molecule has 2 heterocycles. The third-order valence-corrected chi connectivity index (χ3v) is 5.77. The molecule has 3 rings (SSSR count). The van der Waals surface area contributed by atoms with Crippen LogP contribution in [0.2, 0.25) is 0 Å². The highest BCUT2D eigenvalue weighted by Crippen LogP contribution is 2.38. The van der Waals surface area contributed by atoms with Crippen LogP contribution in [-0.4, -0.2) is 37.2 Å². The van der Waals surface area contributed by atoms with Crippen molar-refractivity contribution in [1.29, 1.82) is 0 Å². The van der Waals surface area contributed by atoms with Crippen molar-refractivity contribution in [2.45, 2.75) is 97.1 Å². The summed E-state index contributed by atoms with van der Waals surface area (Å²) < 4.78 is 7.97. The first kappa shape index (κ1) is 21.9. The number of benzene rings is 1. The molecule has 29 heavy (non-hydrogen) atoms. The van der Waals surface area contributed by atoms with Crippen molar-refractivity contribution in [1.82, 2.24) is 20.1 Å². The largest absolute Gasteiger partial charge is 0.372 e. The lowest BCUT2D eigenvalue weighted by atomic mass is 9.80. The standard InChI is InChI=1S/C23H35N4O2/c1-21(2,3)18-10-8-17(9-11-18)14-26-15-19(24-25-26)16-29-20-12-22(4,5)27(28)23(6,7)13-20/h8-11,15,20H,12-14,16H2,1-7H3. The van der Waals surface area contributed by atoms with Crippen molar-refractivity contribution in [3.63, 3.8) is 0 Å². The molecule has 0 aliphatic carbocycles. The zero-order valence-corrected chi connectivity index (χ0v) is 18.9. The summed E-state index contributed by atoms with van der Waals surface area (Å²) in [4.78, 5) is 0. The van der Waals surface area contributed by atoms with Gasteiger partial charge >= 0.3 is 0 Å². The predicted octanol–water partition coefficient (Wildman–Crippen LogP) is 4.51. The monoisotopic (exact) mass is 399 g/mol. The van der Waals surface area contributed by atoms with E-state index in [1.807, 2.05) is 38.6 Å². The summed E-state index contributed by atoms with van der Waals surface area (Å²) in [6.45, 7) is 15.7. The topological polar surface area (TPSA) is 63.1 Å². The number of hydroxylamine groups is 2. The zero-order chi connectivity index (χ0) is 21.4. The summed E-state index contributed by atoms with van der Waals surface area (Å²) in [6.07, 6.45) is 3.42. The van der Waals surface area contributed by atoms with Gasteiger partial charge in [0.1, 0.15) is 5.69 Å². The predicted molar refractivity (Wildman–Crippen MR) is 113 cm³/mol. The number of nitrogens with zero attached hydrogens (tertiary/aromatic N) is 4. The lowest BCUT2D eigenvalue weighted by Crippen LogP contribution is -2.59. The first-order valence-electron chi connectivity index (χ1n) is 10.4. The van der Waals surface area contributed by atoms with Gasteiger partial charge in [0.25, 0.3) is 0 Å². The van der Waals surface area contributed by atoms with Crippen molar-refractivity contribution in [2.24, 2.45) is 0 Å². The highest BCUT2D eigenvalue weighted by atomic mass is 16.5. The van der Waals surface area contributed by atoms with E-state index in [0.717, 1.165) is 5.69 Å². The molecule has 0 bridgehead atoms. The van der Waals surface area contributed by atoms with E-state index >= 15 is 0 Å². The lowest BCUT2D eigenvalue weighted by Gasteiger charge is -2.49. The molecule has 6 heteroatoms. The average Bonchev–Trinajstić information content (AvgIpc) is 3.04. The van der Waals surface area contributed by atoms with Gasteiger partial charge in [-0.05, 0) is 57.1 Å². The quantitative estimate of drug-likeness (QED) is 0.742. The molecule has 1 aliphatic rings. The molecule has 1 radical (unpaired) electrons. The van der Waals surface area contributed by atoms with Gasteiger partial charge in [0, 0.05) is 11.1 Å². The van der Waals surface area contributed by atoms with Crippen LogP contribution >= 0.6 is 0 Å². The molecule has 1 saturated heterocycles. The second kappa shape index (κ2) is 7.82. The Hall–Kier alpha value is -1.76. The lowest BCUT2D eigenvalue weighted by molar-refractivity contribution is -0.301. The van der Waals surface area contributed by atoms with Gasteiger partial charge in [0.15, 0.2) is 0 Å². The average molecular weight is 400 g/mol. The minimum Gasteiger partial charge on any atom is -0.372 e. The first-order valence-corrected chi connectivity index (χ1v) is 10.4. The van der Waals surface area contributed by atoms with E-state index in [1.165, 1.54) is 16.2 Å². The highest BCUT2D eigenvalue weighted by Gasteiger charge is 2.46. The van der Waals surface area contributed by atoms with E-state index in [1.54, 1.807) is 0 Å². The van der Waals surface area contributed by atoms with Crippen LogP contribution in [0.4, 0.5) is 0 Å². The highest BCUT2D eigenvalue weighted by molar-refractivity contribution is 5.27. The maximum atomic E-state index is 12.5. The number of piperidine rings is 1. The summed E-state index contributed by atoms with van der Waals surface area (Å²) in [5.74, 6) is 0. The molecule has 0 saturated carbocycles. The Bertz CT molecular complexity index is 800. The van der Waals surface area contributed by atoms with Gasteiger partial charge in [0.2, 0.25) is 0 Å². The van der Waals surface area contributed by atoms with Gasteiger partial charge in [-0.3, -0.25) is 0 Å². The second-order valence-corrected chi connectivity index (χ2v) is 10.6. The van der Waals surface area contributed by atoms with Gasteiger partial charge in [0.05, 0.1) is 25.5 Å². The van der Waals surface area contributed by atoms with Crippen molar-refractivity contribution in [2.75, 3.05) is 0 Å². The third-order valence-electron chi connectivity index (χ3n) is 5.77. The Morgan fingerprint density at radius 3 is 2.21 bits per heavy atom. The minimum atomic E-state index is -0.427. The molecular weight excluding hydrogens is 364 g/mol. The Morgan fingerprint density at radius 2 is 1.66 bits per heavy atom. The molecule has 1 aromatic heterocycles. The zero-order valence-electron chi connectivity index (χ0n) is 18.9. The van der Waals surface area contributed by atoms with Crippen molar-refractivity contribution in [3.05, 3.63) is 47.3 Å². The molecule has 0 amide bonds. The van der Waals surface area contributed by atoms with Crippen LogP contribution in [0, 0.1) is 0 Å². The maximum absolute atomic E-state index is 12.5. The normalized spacial score (nSPS) is 20.1. The fourth-order valence-electron chi connectivity index (χ4n) is 4.27. The van der Waals surface area contributed by atoms with Gasteiger partial charge in [-0.2, -0.15) is 0 Å².